The van der Waals surface area contributed by atoms with E-state index in [-0.39, 0.29) is 24.2 Å². The maximum atomic E-state index is 11.9. The number of rotatable bonds is 10. The maximum absolute atomic E-state index is 11.9. The molecule has 0 aliphatic carbocycles. The summed E-state index contributed by atoms with van der Waals surface area (Å²) in [4.78, 5) is 1.98. The Kier molecular flexibility index (Phi) is 6.93. The molecule has 1 aliphatic rings. The number of aliphatic hydroxyl groups excluding tert-OH is 1. The van der Waals surface area contributed by atoms with Crippen LogP contribution in [0.1, 0.15) is 17.7 Å². The Morgan fingerprint density at radius 1 is 1.32 bits per heavy atom. The van der Waals surface area contributed by atoms with Gasteiger partial charge in [0.15, 0.2) is 9.84 Å². The zero-order valence-corrected chi connectivity index (χ0v) is 16.7. The van der Waals surface area contributed by atoms with Crippen LogP contribution in [0.4, 0.5) is 0 Å². The average Bonchev–Trinajstić information content (AvgIpc) is 3.30. The van der Waals surface area contributed by atoms with Crippen LogP contribution in [-0.2, 0) is 22.8 Å². The highest BCUT2D eigenvalue weighted by Gasteiger charge is 2.33. The van der Waals surface area contributed by atoms with Crippen molar-refractivity contribution in [1.29, 1.82) is 0 Å². The third-order valence-electron chi connectivity index (χ3n) is 4.88. The number of para-hydroxylation sites is 1. The Labute approximate surface area is 166 Å². The van der Waals surface area contributed by atoms with Gasteiger partial charge in [0.05, 0.1) is 24.3 Å². The number of sulfone groups is 1. The smallest absolute Gasteiger partial charge is 0.151 e. The van der Waals surface area contributed by atoms with Crippen molar-refractivity contribution < 1.29 is 22.7 Å². The Balaban J connectivity index is 1.62. The van der Waals surface area contributed by atoms with Crippen molar-refractivity contribution in [3.63, 3.8) is 0 Å². The van der Waals surface area contributed by atoms with Crippen LogP contribution in [-0.4, -0.2) is 55.2 Å². The molecule has 1 fully saturated rings. The van der Waals surface area contributed by atoms with Crippen molar-refractivity contribution in [3.05, 3.63) is 66.6 Å². The Hall–Kier alpha value is -2.09. The Bertz CT molecular complexity index is 863. The molecule has 1 aliphatic heterocycles. The average molecular weight is 406 g/mol. The van der Waals surface area contributed by atoms with Gasteiger partial charge in [0.25, 0.3) is 0 Å². The number of hydrogen-bond acceptors (Lipinski definition) is 6. The number of aliphatic hydroxyl groups is 1. The van der Waals surface area contributed by atoms with Crippen molar-refractivity contribution in [2.75, 3.05) is 24.7 Å². The van der Waals surface area contributed by atoms with Crippen molar-refractivity contribution in [2.24, 2.45) is 0 Å². The van der Waals surface area contributed by atoms with Gasteiger partial charge < -0.3 is 14.3 Å². The summed E-state index contributed by atoms with van der Waals surface area (Å²) >= 11 is 0. The molecule has 1 aromatic carbocycles. The van der Waals surface area contributed by atoms with Gasteiger partial charge in [-0.15, -0.1) is 6.58 Å². The van der Waals surface area contributed by atoms with Crippen LogP contribution in [0, 0.1) is 0 Å². The molecule has 0 unspecified atom stereocenters. The van der Waals surface area contributed by atoms with E-state index in [9.17, 15) is 13.5 Å². The fraction of sp³-hybridized carbons (Fsp3) is 0.429. The van der Waals surface area contributed by atoms with E-state index in [1.165, 1.54) is 0 Å². The van der Waals surface area contributed by atoms with Crippen molar-refractivity contribution >= 4 is 9.84 Å². The first-order valence-corrected chi connectivity index (χ1v) is 11.3. The van der Waals surface area contributed by atoms with Gasteiger partial charge >= 0.3 is 0 Å². The molecule has 2 atom stereocenters. The standard InChI is InChI=1S/C21H27NO5S/c1-2-6-17-7-3-4-9-21(17)27-15-19(23)13-22(14-20-8-5-11-26-20)18-10-12-28(24,25)16-18/h2-5,7-9,11,18-19,23H,1,6,10,12-16H2/t18-,19+/m0/s1. The minimum Gasteiger partial charge on any atom is -0.491 e. The summed E-state index contributed by atoms with van der Waals surface area (Å²) in [5.74, 6) is 1.77. The molecule has 1 saturated heterocycles. The fourth-order valence-corrected chi connectivity index (χ4v) is 5.25. The molecule has 0 spiro atoms. The Morgan fingerprint density at radius 3 is 2.82 bits per heavy atom. The number of benzene rings is 1. The topological polar surface area (TPSA) is 80.0 Å². The molecule has 1 N–H and O–H groups in total. The number of ether oxygens (including phenoxy) is 1. The number of furan rings is 1. The van der Waals surface area contributed by atoms with E-state index < -0.39 is 15.9 Å². The van der Waals surface area contributed by atoms with E-state index in [1.807, 2.05) is 41.3 Å². The van der Waals surface area contributed by atoms with Crippen LogP contribution >= 0.6 is 0 Å². The van der Waals surface area contributed by atoms with Gasteiger partial charge in [-0.1, -0.05) is 24.3 Å². The molecule has 6 nitrogen and oxygen atoms in total. The summed E-state index contributed by atoms with van der Waals surface area (Å²) in [6.45, 7) is 4.65. The summed E-state index contributed by atoms with van der Waals surface area (Å²) in [5, 5.41) is 10.6. The number of allylic oxidation sites excluding steroid dienone is 1. The molecule has 0 saturated carbocycles. The second kappa shape index (κ2) is 9.41. The van der Waals surface area contributed by atoms with Crippen LogP contribution in [0.15, 0.2) is 59.7 Å². The third-order valence-corrected chi connectivity index (χ3v) is 6.63. The summed E-state index contributed by atoms with van der Waals surface area (Å²) in [5.41, 5.74) is 1.01. The maximum Gasteiger partial charge on any atom is 0.151 e. The summed E-state index contributed by atoms with van der Waals surface area (Å²) in [6, 6.07) is 11.2. The lowest BCUT2D eigenvalue weighted by atomic mass is 10.1. The molecule has 3 rings (SSSR count). The second-order valence-corrected chi connectivity index (χ2v) is 9.36. The first-order valence-electron chi connectivity index (χ1n) is 9.43. The van der Waals surface area contributed by atoms with Crippen LogP contribution in [0.25, 0.3) is 0 Å². The van der Waals surface area contributed by atoms with Crippen molar-refractivity contribution in [2.45, 2.75) is 31.5 Å². The monoisotopic (exact) mass is 405 g/mol. The van der Waals surface area contributed by atoms with E-state index in [2.05, 4.69) is 6.58 Å². The van der Waals surface area contributed by atoms with Crippen molar-refractivity contribution in [3.8, 4) is 5.75 Å². The van der Waals surface area contributed by atoms with Crippen LogP contribution in [0.5, 0.6) is 5.75 Å². The predicted molar refractivity (Wildman–Crippen MR) is 108 cm³/mol. The molecule has 2 aromatic rings. The van der Waals surface area contributed by atoms with E-state index >= 15 is 0 Å². The van der Waals surface area contributed by atoms with Gasteiger partial charge in [0, 0.05) is 12.6 Å². The normalized spacial score (nSPS) is 19.6. The molecule has 152 valence electrons. The molecule has 28 heavy (non-hydrogen) atoms. The molecule has 0 amide bonds. The first-order chi connectivity index (χ1) is 13.5. The predicted octanol–water partition coefficient (Wildman–Crippen LogP) is 2.44. The molecule has 0 radical (unpaired) electrons. The molecule has 2 heterocycles. The van der Waals surface area contributed by atoms with E-state index in [0.717, 1.165) is 17.1 Å². The van der Waals surface area contributed by atoms with E-state index in [0.29, 0.717) is 25.9 Å². The lowest BCUT2D eigenvalue weighted by molar-refractivity contribution is 0.0495. The zero-order valence-electron chi connectivity index (χ0n) is 15.9. The van der Waals surface area contributed by atoms with Gasteiger partial charge in [-0.05, 0) is 36.6 Å². The quantitative estimate of drug-likeness (QED) is 0.612. The van der Waals surface area contributed by atoms with Crippen molar-refractivity contribution in [1.82, 2.24) is 4.90 Å². The molecule has 1 aromatic heterocycles. The lowest BCUT2D eigenvalue weighted by Gasteiger charge is -2.29. The SMILES string of the molecule is C=CCc1ccccc1OC[C@H](O)CN(Cc1ccco1)[C@H]1CCS(=O)(=O)C1. The largest absolute Gasteiger partial charge is 0.491 e. The van der Waals surface area contributed by atoms with E-state index in [1.54, 1.807) is 12.3 Å². The highest BCUT2D eigenvalue weighted by molar-refractivity contribution is 7.91. The van der Waals surface area contributed by atoms with Crippen LogP contribution in [0.3, 0.4) is 0 Å². The number of hydrogen-bond donors (Lipinski definition) is 1. The summed E-state index contributed by atoms with van der Waals surface area (Å²) < 4.78 is 35.0. The minimum absolute atomic E-state index is 0.115. The van der Waals surface area contributed by atoms with Gasteiger partial charge in [-0.3, -0.25) is 4.90 Å². The van der Waals surface area contributed by atoms with E-state index in [4.69, 9.17) is 9.15 Å². The van der Waals surface area contributed by atoms with Gasteiger partial charge in [0.2, 0.25) is 0 Å². The van der Waals surface area contributed by atoms with Crippen LogP contribution < -0.4 is 4.74 Å². The highest BCUT2D eigenvalue weighted by Crippen LogP contribution is 2.22. The third kappa shape index (κ3) is 5.70. The summed E-state index contributed by atoms with van der Waals surface area (Å²) in [6.07, 6.45) is 3.91. The minimum atomic E-state index is -3.02. The molecular weight excluding hydrogens is 378 g/mol. The zero-order chi connectivity index (χ0) is 20.0. The second-order valence-electron chi connectivity index (χ2n) is 7.13. The van der Waals surface area contributed by atoms with Gasteiger partial charge in [0.1, 0.15) is 24.2 Å². The Morgan fingerprint density at radius 2 is 2.14 bits per heavy atom. The van der Waals surface area contributed by atoms with Crippen LogP contribution in [0.2, 0.25) is 0 Å². The fourth-order valence-electron chi connectivity index (χ4n) is 3.49. The lowest BCUT2D eigenvalue weighted by Crippen LogP contribution is -2.42. The molecule has 0 bridgehead atoms. The molecular formula is C21H27NO5S. The van der Waals surface area contributed by atoms with Gasteiger partial charge in [-0.25, -0.2) is 8.42 Å². The number of nitrogens with zero attached hydrogens (tertiary/aromatic N) is 1. The highest BCUT2D eigenvalue weighted by atomic mass is 32.2. The van der Waals surface area contributed by atoms with Gasteiger partial charge in [-0.2, -0.15) is 0 Å². The first kappa shape index (κ1) is 20.6. The molecule has 7 heteroatoms. The summed E-state index contributed by atoms with van der Waals surface area (Å²) in [7, 11) is -3.02.